The molecule has 0 radical (unpaired) electrons. The van der Waals surface area contributed by atoms with Gasteiger partial charge in [0.05, 0.1) is 0 Å². The van der Waals surface area contributed by atoms with Crippen LogP contribution in [0, 0.1) is 0 Å². The zero-order valence-corrected chi connectivity index (χ0v) is 14.6. The van der Waals surface area contributed by atoms with Crippen LogP contribution in [-0.4, -0.2) is 0 Å². The van der Waals surface area contributed by atoms with Gasteiger partial charge in [0.25, 0.3) is 0 Å². The fourth-order valence-electron chi connectivity index (χ4n) is 3.86. The Bertz CT molecular complexity index is 1460. The van der Waals surface area contributed by atoms with Crippen molar-refractivity contribution in [2.45, 2.75) is 0 Å². The number of furan rings is 1. The van der Waals surface area contributed by atoms with Crippen molar-refractivity contribution in [3.63, 3.8) is 0 Å². The highest BCUT2D eigenvalue weighted by molar-refractivity contribution is 7.26. The summed E-state index contributed by atoms with van der Waals surface area (Å²) in [4.78, 5) is 0. The Morgan fingerprint density at radius 3 is 2.52 bits per heavy atom. The van der Waals surface area contributed by atoms with E-state index in [0.717, 1.165) is 37.7 Å². The number of halogens is 1. The summed E-state index contributed by atoms with van der Waals surface area (Å²) in [7, 11) is 0. The quantitative estimate of drug-likeness (QED) is 0.270. The molecule has 4 aromatic carbocycles. The van der Waals surface area contributed by atoms with Crippen LogP contribution in [0.5, 0.6) is 0 Å². The van der Waals surface area contributed by atoms with Crippen LogP contribution in [-0.2, 0) is 0 Å². The molecule has 6 aromatic rings. The maximum absolute atomic E-state index is 6.57. The summed E-state index contributed by atoms with van der Waals surface area (Å²) < 4.78 is 8.75. The molecule has 118 valence electrons. The molecule has 3 heteroatoms. The molecule has 25 heavy (non-hydrogen) atoms. The van der Waals surface area contributed by atoms with Gasteiger partial charge in [0.15, 0.2) is 0 Å². The van der Waals surface area contributed by atoms with Crippen molar-refractivity contribution in [2.75, 3.05) is 0 Å². The summed E-state index contributed by atoms with van der Waals surface area (Å²) >= 11 is 8.35. The molecular weight excluding hydrogens is 348 g/mol. The van der Waals surface area contributed by atoms with Gasteiger partial charge in [-0.15, -0.1) is 11.3 Å². The van der Waals surface area contributed by atoms with Crippen molar-refractivity contribution in [1.82, 2.24) is 0 Å². The van der Waals surface area contributed by atoms with E-state index in [0.29, 0.717) is 0 Å². The van der Waals surface area contributed by atoms with Gasteiger partial charge in [-0.25, -0.2) is 0 Å². The lowest BCUT2D eigenvalue weighted by Crippen LogP contribution is -1.74. The molecule has 0 spiro atoms. The maximum atomic E-state index is 6.57. The fourth-order valence-corrected chi connectivity index (χ4v) is 5.33. The van der Waals surface area contributed by atoms with Gasteiger partial charge in [-0.1, -0.05) is 48.0 Å². The zero-order valence-electron chi connectivity index (χ0n) is 13.0. The summed E-state index contributed by atoms with van der Waals surface area (Å²) in [5.74, 6) is 0. The first-order valence-corrected chi connectivity index (χ1v) is 9.34. The number of benzene rings is 4. The van der Waals surface area contributed by atoms with Crippen LogP contribution in [0.15, 0.2) is 71.1 Å². The second-order valence-corrected chi connectivity index (χ2v) is 7.78. The van der Waals surface area contributed by atoms with Crippen molar-refractivity contribution < 1.29 is 4.42 Å². The van der Waals surface area contributed by atoms with Gasteiger partial charge in [0.1, 0.15) is 11.2 Å². The minimum Gasteiger partial charge on any atom is -0.455 e. The van der Waals surface area contributed by atoms with E-state index in [-0.39, 0.29) is 0 Å². The van der Waals surface area contributed by atoms with Gasteiger partial charge in [0, 0.05) is 41.4 Å². The van der Waals surface area contributed by atoms with Gasteiger partial charge in [0.2, 0.25) is 0 Å². The van der Waals surface area contributed by atoms with Crippen LogP contribution < -0.4 is 0 Å². The van der Waals surface area contributed by atoms with E-state index in [9.17, 15) is 0 Å². The summed E-state index contributed by atoms with van der Waals surface area (Å²) in [6, 6.07) is 23.0. The molecule has 0 amide bonds. The molecule has 0 aliphatic rings. The average molecular weight is 359 g/mol. The zero-order chi connectivity index (χ0) is 16.5. The average Bonchev–Trinajstić information content (AvgIpc) is 3.20. The Labute approximate surface area is 152 Å². The van der Waals surface area contributed by atoms with Crippen LogP contribution in [0.25, 0.3) is 52.9 Å². The monoisotopic (exact) mass is 358 g/mol. The fraction of sp³-hybridized carbons (Fsp3) is 0. The Balaban J connectivity index is 1.96. The smallest absolute Gasteiger partial charge is 0.143 e. The van der Waals surface area contributed by atoms with E-state index in [2.05, 4.69) is 54.6 Å². The third-order valence-electron chi connectivity index (χ3n) is 4.94. The Morgan fingerprint density at radius 2 is 1.56 bits per heavy atom. The SMILES string of the molecule is Clc1cccc2sc3ccc4oc5c6ccccc6ccc5c4c3c12. The molecule has 1 nitrogen and oxygen atoms in total. The van der Waals surface area contributed by atoms with Crippen LogP contribution in [0.3, 0.4) is 0 Å². The highest BCUT2D eigenvalue weighted by Crippen LogP contribution is 2.45. The minimum absolute atomic E-state index is 0.798. The molecule has 2 aromatic heterocycles. The summed E-state index contributed by atoms with van der Waals surface area (Å²) in [6.45, 7) is 0. The van der Waals surface area contributed by atoms with Crippen molar-refractivity contribution in [3.05, 3.63) is 71.8 Å². The molecule has 0 aliphatic heterocycles. The number of hydrogen-bond donors (Lipinski definition) is 0. The first-order chi connectivity index (χ1) is 12.3. The predicted octanol–water partition coefficient (Wildman–Crippen LogP) is 7.76. The van der Waals surface area contributed by atoms with Gasteiger partial charge >= 0.3 is 0 Å². The molecule has 2 heterocycles. The van der Waals surface area contributed by atoms with E-state index in [1.165, 1.54) is 20.2 Å². The molecule has 0 N–H and O–H groups in total. The number of hydrogen-bond acceptors (Lipinski definition) is 2. The molecule has 0 saturated carbocycles. The lowest BCUT2D eigenvalue weighted by Gasteiger charge is -1.99. The first-order valence-electron chi connectivity index (χ1n) is 8.15. The predicted molar refractivity (Wildman–Crippen MR) is 109 cm³/mol. The lowest BCUT2D eigenvalue weighted by molar-refractivity contribution is 0.673. The van der Waals surface area contributed by atoms with E-state index in [1.807, 2.05) is 12.1 Å². The standard InChI is InChI=1S/C22H11ClOS/c23-15-6-3-7-17-20(15)21-18(25-17)11-10-16-19(21)14-9-8-12-4-1-2-5-13(12)22(14)24-16/h1-11H. The Hall–Kier alpha value is -2.55. The molecule has 0 atom stereocenters. The second-order valence-electron chi connectivity index (χ2n) is 6.29. The normalized spacial score (nSPS) is 12.2. The number of fused-ring (bicyclic) bond motifs is 9. The molecule has 0 bridgehead atoms. The number of rotatable bonds is 0. The molecule has 6 rings (SSSR count). The Morgan fingerprint density at radius 1 is 0.680 bits per heavy atom. The van der Waals surface area contributed by atoms with Gasteiger partial charge in [-0.05, 0) is 35.7 Å². The molecule has 0 saturated heterocycles. The van der Waals surface area contributed by atoms with Crippen molar-refractivity contribution in [1.29, 1.82) is 0 Å². The van der Waals surface area contributed by atoms with E-state index < -0.39 is 0 Å². The van der Waals surface area contributed by atoms with Crippen LogP contribution >= 0.6 is 22.9 Å². The lowest BCUT2D eigenvalue weighted by atomic mass is 10.0. The largest absolute Gasteiger partial charge is 0.455 e. The highest BCUT2D eigenvalue weighted by Gasteiger charge is 2.17. The van der Waals surface area contributed by atoms with Crippen molar-refractivity contribution >= 4 is 75.8 Å². The molecular formula is C22H11ClOS. The highest BCUT2D eigenvalue weighted by atomic mass is 35.5. The minimum atomic E-state index is 0.798. The van der Waals surface area contributed by atoms with E-state index in [4.69, 9.17) is 16.0 Å². The third-order valence-corrected chi connectivity index (χ3v) is 6.37. The van der Waals surface area contributed by atoms with Crippen LogP contribution in [0.2, 0.25) is 5.02 Å². The third kappa shape index (κ3) is 1.73. The maximum Gasteiger partial charge on any atom is 0.143 e. The summed E-state index contributed by atoms with van der Waals surface area (Å²) in [6.07, 6.45) is 0. The molecule has 0 unspecified atom stereocenters. The van der Waals surface area contributed by atoms with E-state index >= 15 is 0 Å². The Kier molecular flexibility index (Phi) is 2.61. The summed E-state index contributed by atoms with van der Waals surface area (Å²) in [5.41, 5.74) is 1.87. The van der Waals surface area contributed by atoms with Crippen LogP contribution in [0.1, 0.15) is 0 Å². The molecule has 0 aliphatic carbocycles. The van der Waals surface area contributed by atoms with Gasteiger partial charge in [-0.3, -0.25) is 0 Å². The molecule has 0 fully saturated rings. The van der Waals surface area contributed by atoms with Crippen LogP contribution in [0.4, 0.5) is 0 Å². The first kappa shape index (κ1) is 13.7. The number of thiophene rings is 1. The van der Waals surface area contributed by atoms with Crippen molar-refractivity contribution in [3.8, 4) is 0 Å². The second kappa shape index (κ2) is 4.75. The van der Waals surface area contributed by atoms with Gasteiger partial charge < -0.3 is 4.42 Å². The van der Waals surface area contributed by atoms with Gasteiger partial charge in [-0.2, -0.15) is 0 Å². The van der Waals surface area contributed by atoms with Crippen molar-refractivity contribution in [2.24, 2.45) is 0 Å². The summed E-state index contributed by atoms with van der Waals surface area (Å²) in [5, 5.41) is 7.79. The van der Waals surface area contributed by atoms with E-state index in [1.54, 1.807) is 11.3 Å². The topological polar surface area (TPSA) is 13.1 Å².